The lowest BCUT2D eigenvalue weighted by Crippen LogP contribution is -2.33. The molecule has 7 heteroatoms. The molecule has 0 spiro atoms. The third kappa shape index (κ3) is 4.15. The van der Waals surface area contributed by atoms with Crippen LogP contribution in [0.25, 0.3) is 10.1 Å². The van der Waals surface area contributed by atoms with Gasteiger partial charge in [-0.2, -0.15) is 0 Å². The fourth-order valence-corrected chi connectivity index (χ4v) is 4.16. The Morgan fingerprint density at radius 1 is 1.30 bits per heavy atom. The summed E-state index contributed by atoms with van der Waals surface area (Å²) in [6.45, 7) is 3.20. The molecule has 1 aromatic heterocycles. The molecule has 1 saturated heterocycles. The minimum atomic E-state index is -0.470. The smallest absolute Gasteiger partial charge is 0.349 e. The van der Waals surface area contributed by atoms with Crippen LogP contribution in [0.15, 0.2) is 18.2 Å². The van der Waals surface area contributed by atoms with Gasteiger partial charge in [-0.1, -0.05) is 24.1 Å². The van der Waals surface area contributed by atoms with E-state index in [-0.39, 0.29) is 22.3 Å². The van der Waals surface area contributed by atoms with Gasteiger partial charge in [0.05, 0.1) is 5.02 Å². The van der Waals surface area contributed by atoms with Gasteiger partial charge in [-0.3, -0.25) is 4.90 Å². The first-order valence-electron chi connectivity index (χ1n) is 7.43. The summed E-state index contributed by atoms with van der Waals surface area (Å²) < 4.78 is 19.7. The van der Waals surface area contributed by atoms with Crippen LogP contribution in [0, 0.1) is 5.82 Å². The van der Waals surface area contributed by atoms with Gasteiger partial charge >= 0.3 is 5.97 Å². The first-order valence-corrected chi connectivity index (χ1v) is 8.62. The Hall–Kier alpha value is -0.880. The normalized spacial score (nSPS) is 15.4. The van der Waals surface area contributed by atoms with E-state index in [0.717, 1.165) is 19.6 Å². The number of hydrogen-bond donors (Lipinski definition) is 0. The molecular formula is C16H18Cl2FNO2S. The molecule has 0 unspecified atom stereocenters. The SMILES string of the molecule is Cl.O=C(OCCN1CCCCC1)c1sc2cccc(F)c2c1Cl. The van der Waals surface area contributed by atoms with Gasteiger partial charge in [0.2, 0.25) is 0 Å². The molecule has 1 aliphatic rings. The Labute approximate surface area is 149 Å². The molecule has 23 heavy (non-hydrogen) atoms. The second-order valence-corrected chi connectivity index (χ2v) is 6.83. The molecule has 3 nitrogen and oxygen atoms in total. The lowest BCUT2D eigenvalue weighted by Gasteiger charge is -2.25. The first-order chi connectivity index (χ1) is 10.7. The van der Waals surface area contributed by atoms with Gasteiger partial charge in [0.15, 0.2) is 0 Å². The highest BCUT2D eigenvalue weighted by Gasteiger charge is 2.21. The van der Waals surface area contributed by atoms with Crippen molar-refractivity contribution >= 4 is 51.4 Å². The standard InChI is InChI=1S/C16H17ClFNO2S.ClH/c17-14-13-11(18)5-4-6-12(13)22-15(14)16(20)21-10-9-19-7-2-1-3-8-19;/h4-6H,1-3,7-10H2;1H. The van der Waals surface area contributed by atoms with Crippen LogP contribution in [0.4, 0.5) is 4.39 Å². The Balaban J connectivity index is 0.00000192. The van der Waals surface area contributed by atoms with Gasteiger partial charge in [0.25, 0.3) is 0 Å². The predicted octanol–water partition coefficient (Wildman–Crippen LogP) is 4.76. The van der Waals surface area contributed by atoms with Gasteiger partial charge in [-0.05, 0) is 38.1 Å². The number of carbonyl (C=O) groups excluding carboxylic acids is 1. The van der Waals surface area contributed by atoms with Crippen LogP contribution in [0.2, 0.25) is 5.02 Å². The molecule has 2 aromatic rings. The summed E-state index contributed by atoms with van der Waals surface area (Å²) in [7, 11) is 0. The molecule has 2 heterocycles. The zero-order valence-corrected chi connectivity index (χ0v) is 14.9. The minimum Gasteiger partial charge on any atom is -0.460 e. The van der Waals surface area contributed by atoms with E-state index in [1.165, 1.54) is 36.7 Å². The van der Waals surface area contributed by atoms with Crippen molar-refractivity contribution in [1.29, 1.82) is 0 Å². The monoisotopic (exact) mass is 377 g/mol. The highest BCUT2D eigenvalue weighted by molar-refractivity contribution is 7.21. The summed E-state index contributed by atoms with van der Waals surface area (Å²) in [4.78, 5) is 14.7. The maximum atomic E-state index is 13.8. The molecule has 0 radical (unpaired) electrons. The third-order valence-electron chi connectivity index (χ3n) is 3.88. The zero-order chi connectivity index (χ0) is 15.5. The number of thiophene rings is 1. The summed E-state index contributed by atoms with van der Waals surface area (Å²) in [5.74, 6) is -0.881. The summed E-state index contributed by atoms with van der Waals surface area (Å²) >= 11 is 7.32. The number of hydrogen-bond acceptors (Lipinski definition) is 4. The maximum absolute atomic E-state index is 13.8. The number of carbonyl (C=O) groups is 1. The van der Waals surface area contributed by atoms with Crippen LogP contribution in [0.5, 0.6) is 0 Å². The van der Waals surface area contributed by atoms with Crippen LogP contribution in [-0.2, 0) is 4.74 Å². The van der Waals surface area contributed by atoms with Crippen molar-refractivity contribution in [2.45, 2.75) is 19.3 Å². The van der Waals surface area contributed by atoms with Crippen molar-refractivity contribution in [1.82, 2.24) is 4.90 Å². The van der Waals surface area contributed by atoms with Crippen molar-refractivity contribution in [3.8, 4) is 0 Å². The fraction of sp³-hybridized carbons (Fsp3) is 0.438. The van der Waals surface area contributed by atoms with Crippen LogP contribution in [0.3, 0.4) is 0 Å². The van der Waals surface area contributed by atoms with Crippen LogP contribution in [0.1, 0.15) is 28.9 Å². The number of rotatable bonds is 4. The van der Waals surface area contributed by atoms with E-state index in [4.69, 9.17) is 16.3 Å². The highest BCUT2D eigenvalue weighted by atomic mass is 35.5. The Bertz CT molecular complexity index is 686. The summed E-state index contributed by atoms with van der Waals surface area (Å²) in [5, 5.41) is 0.457. The summed E-state index contributed by atoms with van der Waals surface area (Å²) in [6.07, 6.45) is 3.68. The molecule has 1 fully saturated rings. The molecule has 3 rings (SSSR count). The average Bonchev–Trinajstić information content (AvgIpc) is 2.87. The van der Waals surface area contributed by atoms with Crippen molar-refractivity contribution < 1.29 is 13.9 Å². The molecule has 0 N–H and O–H groups in total. The topological polar surface area (TPSA) is 29.5 Å². The van der Waals surface area contributed by atoms with Gasteiger partial charge in [0, 0.05) is 16.6 Å². The van der Waals surface area contributed by atoms with Gasteiger partial charge in [0.1, 0.15) is 17.3 Å². The molecule has 0 bridgehead atoms. The number of ether oxygens (including phenoxy) is 1. The molecule has 0 aliphatic carbocycles. The van der Waals surface area contributed by atoms with Crippen molar-refractivity contribution in [2.24, 2.45) is 0 Å². The minimum absolute atomic E-state index is 0. The lowest BCUT2D eigenvalue weighted by atomic mass is 10.1. The maximum Gasteiger partial charge on any atom is 0.349 e. The van der Waals surface area contributed by atoms with Crippen LogP contribution >= 0.6 is 35.3 Å². The van der Waals surface area contributed by atoms with Gasteiger partial charge < -0.3 is 4.74 Å². The zero-order valence-electron chi connectivity index (χ0n) is 12.5. The summed E-state index contributed by atoms with van der Waals surface area (Å²) in [6, 6.07) is 4.70. The highest BCUT2D eigenvalue weighted by Crippen LogP contribution is 2.37. The van der Waals surface area contributed by atoms with E-state index in [1.807, 2.05) is 0 Å². The number of nitrogens with zero attached hydrogens (tertiary/aromatic N) is 1. The Kier molecular flexibility index (Phi) is 6.65. The molecule has 126 valence electrons. The number of fused-ring (bicyclic) bond motifs is 1. The second kappa shape index (κ2) is 8.29. The molecule has 1 aromatic carbocycles. The van der Waals surface area contributed by atoms with Crippen LogP contribution in [-0.4, -0.2) is 37.1 Å². The largest absolute Gasteiger partial charge is 0.460 e. The Morgan fingerprint density at radius 3 is 2.74 bits per heavy atom. The van der Waals surface area contributed by atoms with E-state index in [0.29, 0.717) is 16.7 Å². The summed E-state index contributed by atoms with van der Waals surface area (Å²) in [5.41, 5.74) is 0. The molecule has 0 atom stereocenters. The Morgan fingerprint density at radius 2 is 2.04 bits per heavy atom. The average molecular weight is 378 g/mol. The van der Waals surface area contributed by atoms with E-state index in [1.54, 1.807) is 12.1 Å². The van der Waals surface area contributed by atoms with Gasteiger partial charge in [-0.15, -0.1) is 23.7 Å². The van der Waals surface area contributed by atoms with Crippen molar-refractivity contribution in [2.75, 3.05) is 26.2 Å². The van der Waals surface area contributed by atoms with Crippen LogP contribution < -0.4 is 0 Å². The van der Waals surface area contributed by atoms with E-state index >= 15 is 0 Å². The molecular weight excluding hydrogens is 360 g/mol. The first kappa shape index (κ1) is 18.5. The third-order valence-corrected chi connectivity index (χ3v) is 5.51. The fourth-order valence-electron chi connectivity index (χ4n) is 2.72. The number of halogens is 3. The van der Waals surface area contributed by atoms with E-state index in [9.17, 15) is 9.18 Å². The molecule has 0 amide bonds. The predicted molar refractivity (Wildman–Crippen MR) is 94.6 cm³/mol. The van der Waals surface area contributed by atoms with E-state index in [2.05, 4.69) is 4.90 Å². The number of esters is 1. The number of benzene rings is 1. The quantitative estimate of drug-likeness (QED) is 0.719. The van der Waals surface area contributed by atoms with Gasteiger partial charge in [-0.25, -0.2) is 9.18 Å². The second-order valence-electron chi connectivity index (χ2n) is 5.40. The number of piperidine rings is 1. The molecule has 1 aliphatic heterocycles. The van der Waals surface area contributed by atoms with Crippen molar-refractivity contribution in [3.63, 3.8) is 0 Å². The van der Waals surface area contributed by atoms with E-state index < -0.39 is 11.8 Å². The van der Waals surface area contributed by atoms with Crippen molar-refractivity contribution in [3.05, 3.63) is 33.9 Å². The lowest BCUT2D eigenvalue weighted by molar-refractivity contribution is 0.0458. The number of likely N-dealkylation sites (tertiary alicyclic amines) is 1. The molecule has 0 saturated carbocycles.